The third-order valence-corrected chi connectivity index (χ3v) is 3.96. The van der Waals surface area contributed by atoms with Crippen LogP contribution in [0.1, 0.15) is 19.6 Å². The molecule has 1 aliphatic rings. The fourth-order valence-corrected chi connectivity index (χ4v) is 2.93. The lowest BCUT2D eigenvalue weighted by atomic mass is 10.1. The molecule has 0 aliphatic carbocycles. The second kappa shape index (κ2) is 5.67. The number of anilines is 1. The van der Waals surface area contributed by atoms with Crippen molar-refractivity contribution in [1.29, 1.82) is 0 Å². The Morgan fingerprint density at radius 3 is 2.77 bits per heavy atom. The molecule has 0 saturated carbocycles. The average molecular weight is 309 g/mol. The van der Waals surface area contributed by atoms with E-state index in [0.717, 1.165) is 6.42 Å². The number of ether oxygens (including phenoxy) is 3. The van der Waals surface area contributed by atoms with Gasteiger partial charge in [0.25, 0.3) is 5.56 Å². The summed E-state index contributed by atoms with van der Waals surface area (Å²) >= 11 is 0. The third-order valence-electron chi connectivity index (χ3n) is 3.96. The van der Waals surface area contributed by atoms with Crippen molar-refractivity contribution in [2.45, 2.75) is 37.9 Å². The number of fused-ring (bicyclic) bond motifs is 1. The van der Waals surface area contributed by atoms with Crippen molar-refractivity contribution in [2.75, 3.05) is 20.0 Å². The first-order valence-corrected chi connectivity index (χ1v) is 7.04. The lowest BCUT2D eigenvalue weighted by Crippen LogP contribution is -2.34. The van der Waals surface area contributed by atoms with Crippen LogP contribution >= 0.6 is 0 Å². The van der Waals surface area contributed by atoms with Gasteiger partial charge >= 0.3 is 0 Å². The minimum Gasteiger partial charge on any atom is -0.376 e. The van der Waals surface area contributed by atoms with Gasteiger partial charge in [0.15, 0.2) is 17.4 Å². The van der Waals surface area contributed by atoms with E-state index >= 15 is 0 Å². The van der Waals surface area contributed by atoms with Gasteiger partial charge in [-0.25, -0.2) is 4.98 Å². The molecule has 4 atom stereocenters. The minimum absolute atomic E-state index is 0.0292. The van der Waals surface area contributed by atoms with Gasteiger partial charge < -0.3 is 19.9 Å². The highest BCUT2D eigenvalue weighted by molar-refractivity contribution is 5.70. The van der Waals surface area contributed by atoms with E-state index in [4.69, 9.17) is 19.9 Å². The van der Waals surface area contributed by atoms with Crippen molar-refractivity contribution in [2.24, 2.45) is 0 Å². The second-order valence-electron chi connectivity index (χ2n) is 5.15. The fraction of sp³-hybridized carbons (Fsp3) is 0.615. The Bertz CT molecular complexity index is 727. The molecule has 3 rings (SSSR count). The van der Waals surface area contributed by atoms with E-state index in [9.17, 15) is 4.79 Å². The van der Waals surface area contributed by atoms with Crippen molar-refractivity contribution >= 4 is 17.1 Å². The molecule has 22 heavy (non-hydrogen) atoms. The number of nitrogen functional groups attached to an aromatic ring is 1. The molecule has 2 aromatic rings. The number of hydrogen-bond acceptors (Lipinski definition) is 7. The smallest absolute Gasteiger partial charge is 0.280 e. The van der Waals surface area contributed by atoms with E-state index in [2.05, 4.69) is 15.0 Å². The molecule has 120 valence electrons. The third kappa shape index (κ3) is 2.18. The molecule has 9 heteroatoms. The summed E-state index contributed by atoms with van der Waals surface area (Å²) in [5.74, 6) is 0.0292. The Kier molecular flexibility index (Phi) is 3.85. The molecule has 0 bridgehead atoms. The van der Waals surface area contributed by atoms with E-state index in [1.807, 2.05) is 6.92 Å². The predicted octanol–water partition coefficient (Wildman–Crippen LogP) is 0.0392. The summed E-state index contributed by atoms with van der Waals surface area (Å²) in [6.45, 7) is 2.01. The van der Waals surface area contributed by atoms with Gasteiger partial charge in [0.1, 0.15) is 12.2 Å². The molecule has 3 N–H and O–H groups in total. The maximum absolute atomic E-state index is 11.9. The number of aromatic nitrogens is 4. The Morgan fingerprint density at radius 2 is 2.14 bits per heavy atom. The molecule has 1 fully saturated rings. The van der Waals surface area contributed by atoms with Gasteiger partial charge in [-0.15, -0.1) is 0 Å². The van der Waals surface area contributed by atoms with Gasteiger partial charge in [-0.3, -0.25) is 14.3 Å². The van der Waals surface area contributed by atoms with E-state index in [-0.39, 0.29) is 35.3 Å². The topological polar surface area (TPSA) is 117 Å². The van der Waals surface area contributed by atoms with Gasteiger partial charge in [-0.1, -0.05) is 6.92 Å². The normalized spacial score (nSPS) is 28.5. The minimum atomic E-state index is -0.487. The molecular formula is C13H19N5O4. The van der Waals surface area contributed by atoms with Crippen LogP contribution in [0.3, 0.4) is 0 Å². The van der Waals surface area contributed by atoms with Gasteiger partial charge in [-0.05, 0) is 6.42 Å². The van der Waals surface area contributed by atoms with Crippen molar-refractivity contribution in [1.82, 2.24) is 19.5 Å². The molecule has 2 aromatic heterocycles. The number of aromatic amines is 1. The molecule has 0 amide bonds. The quantitative estimate of drug-likeness (QED) is 0.818. The van der Waals surface area contributed by atoms with Crippen LogP contribution in [0.2, 0.25) is 0 Å². The first-order chi connectivity index (χ1) is 10.6. The number of rotatable bonds is 4. The highest BCUT2D eigenvalue weighted by Crippen LogP contribution is 2.35. The molecule has 3 heterocycles. The van der Waals surface area contributed by atoms with Crippen LogP contribution in [-0.4, -0.2) is 52.1 Å². The zero-order valence-electron chi connectivity index (χ0n) is 12.6. The molecule has 0 aromatic carbocycles. The Hall–Kier alpha value is -1.97. The highest BCUT2D eigenvalue weighted by atomic mass is 16.6. The molecule has 1 aliphatic heterocycles. The summed E-state index contributed by atoms with van der Waals surface area (Å²) in [7, 11) is 3.22. The number of nitrogens with one attached hydrogen (secondary N) is 1. The Labute approximate surface area is 126 Å². The number of nitrogens with two attached hydrogens (primary N) is 1. The molecular weight excluding hydrogens is 290 g/mol. The lowest BCUT2D eigenvalue weighted by molar-refractivity contribution is -0.0517. The fourth-order valence-electron chi connectivity index (χ4n) is 2.93. The maximum atomic E-state index is 11.9. The zero-order valence-corrected chi connectivity index (χ0v) is 12.6. The standard InChI is InChI=1S/C13H19N5O4/c1-4-6-8(20-2)9(21-3)12(22-6)18-5-15-7-10(18)16-13(14)17-11(7)19/h5-6,8-9,12H,4H2,1-3H3,(H3,14,16,17,19)/t6-,8+,9?,12+/m1/s1. The number of H-pyrrole nitrogens is 1. The SMILES string of the molecule is CC[C@H]1O[C@H](n2cnc3c(=O)[nH]c(N)nc32)C(OC)[C@H]1OC. The van der Waals surface area contributed by atoms with Gasteiger partial charge in [0.05, 0.1) is 12.4 Å². The first-order valence-electron chi connectivity index (χ1n) is 7.04. The van der Waals surface area contributed by atoms with Gasteiger partial charge in [0.2, 0.25) is 5.95 Å². The van der Waals surface area contributed by atoms with Gasteiger partial charge in [-0.2, -0.15) is 4.98 Å². The molecule has 1 unspecified atom stereocenters. The van der Waals surface area contributed by atoms with Crippen LogP contribution in [0.4, 0.5) is 5.95 Å². The van der Waals surface area contributed by atoms with Crippen molar-refractivity contribution in [3.05, 3.63) is 16.7 Å². The molecule has 0 radical (unpaired) electrons. The van der Waals surface area contributed by atoms with Crippen LogP contribution in [0, 0.1) is 0 Å². The van der Waals surface area contributed by atoms with Crippen LogP contribution < -0.4 is 11.3 Å². The summed E-state index contributed by atoms with van der Waals surface area (Å²) in [5.41, 5.74) is 5.81. The van der Waals surface area contributed by atoms with Crippen molar-refractivity contribution < 1.29 is 14.2 Å². The monoisotopic (exact) mass is 309 g/mol. The maximum Gasteiger partial charge on any atom is 0.280 e. The number of imidazole rings is 1. The predicted molar refractivity (Wildman–Crippen MR) is 78.4 cm³/mol. The number of hydrogen-bond donors (Lipinski definition) is 2. The summed E-state index contributed by atoms with van der Waals surface area (Å²) in [6, 6.07) is 0. The average Bonchev–Trinajstić information content (AvgIpc) is 3.06. The summed E-state index contributed by atoms with van der Waals surface area (Å²) < 4.78 is 18.8. The van der Waals surface area contributed by atoms with Crippen LogP contribution in [-0.2, 0) is 14.2 Å². The van der Waals surface area contributed by atoms with E-state index in [1.165, 1.54) is 6.33 Å². The summed E-state index contributed by atoms with van der Waals surface area (Å²) in [6.07, 6.45) is 1.13. The zero-order chi connectivity index (χ0) is 15.9. The summed E-state index contributed by atoms with van der Waals surface area (Å²) in [4.78, 5) is 22.5. The highest BCUT2D eigenvalue weighted by Gasteiger charge is 2.46. The van der Waals surface area contributed by atoms with E-state index < -0.39 is 6.23 Å². The molecule has 9 nitrogen and oxygen atoms in total. The Morgan fingerprint density at radius 1 is 1.41 bits per heavy atom. The lowest BCUT2D eigenvalue weighted by Gasteiger charge is -2.21. The second-order valence-corrected chi connectivity index (χ2v) is 5.15. The molecule has 0 spiro atoms. The first kappa shape index (κ1) is 14.9. The van der Waals surface area contributed by atoms with Gasteiger partial charge in [0, 0.05) is 14.2 Å². The van der Waals surface area contributed by atoms with Crippen LogP contribution in [0.15, 0.2) is 11.1 Å². The number of methoxy groups -OCH3 is 2. The van der Waals surface area contributed by atoms with Crippen molar-refractivity contribution in [3.8, 4) is 0 Å². The van der Waals surface area contributed by atoms with Crippen molar-refractivity contribution in [3.63, 3.8) is 0 Å². The number of nitrogens with zero attached hydrogens (tertiary/aromatic N) is 3. The Balaban J connectivity index is 2.09. The van der Waals surface area contributed by atoms with E-state index in [1.54, 1.807) is 18.8 Å². The van der Waals surface area contributed by atoms with Crippen LogP contribution in [0.25, 0.3) is 11.2 Å². The van der Waals surface area contributed by atoms with E-state index in [0.29, 0.717) is 5.65 Å². The summed E-state index contributed by atoms with van der Waals surface area (Å²) in [5, 5.41) is 0. The molecule has 1 saturated heterocycles. The van der Waals surface area contributed by atoms with Crippen LogP contribution in [0.5, 0.6) is 0 Å². The largest absolute Gasteiger partial charge is 0.376 e.